The van der Waals surface area contributed by atoms with E-state index in [1.807, 2.05) is 29.2 Å². The fourth-order valence-electron chi connectivity index (χ4n) is 3.84. The van der Waals surface area contributed by atoms with Gasteiger partial charge in [-0.2, -0.15) is 0 Å². The van der Waals surface area contributed by atoms with E-state index < -0.39 is 23.8 Å². The molecule has 4 rings (SSSR count). The van der Waals surface area contributed by atoms with Gasteiger partial charge in [-0.15, -0.1) is 0 Å². The first-order valence-corrected chi connectivity index (χ1v) is 10.7. The number of rotatable bonds is 4. The van der Waals surface area contributed by atoms with Gasteiger partial charge in [-0.1, -0.05) is 29.8 Å². The molecule has 2 aromatic rings. The number of ether oxygens (including phenoxy) is 1. The second kappa shape index (κ2) is 9.34. The molecule has 2 atom stereocenters. The summed E-state index contributed by atoms with van der Waals surface area (Å²) >= 11 is 6.16. The maximum atomic E-state index is 12.9. The molecule has 31 heavy (non-hydrogen) atoms. The quantitative estimate of drug-likeness (QED) is 0.578. The maximum Gasteiger partial charge on any atom is 0.321 e. The van der Waals surface area contributed by atoms with Crippen molar-refractivity contribution in [1.29, 1.82) is 0 Å². The summed E-state index contributed by atoms with van der Waals surface area (Å²) in [4.78, 5) is 38.9. The lowest BCUT2D eigenvalue weighted by Crippen LogP contribution is -2.57. The van der Waals surface area contributed by atoms with E-state index in [1.54, 1.807) is 31.3 Å². The molecule has 9 heteroatoms. The molecular formula is C22H24ClN5O3. The number of halogens is 1. The predicted molar refractivity (Wildman–Crippen MR) is 118 cm³/mol. The van der Waals surface area contributed by atoms with Gasteiger partial charge in [-0.25, -0.2) is 9.98 Å². The molecule has 0 saturated carbocycles. The van der Waals surface area contributed by atoms with Gasteiger partial charge >= 0.3 is 5.97 Å². The van der Waals surface area contributed by atoms with Gasteiger partial charge in [0.2, 0.25) is 11.9 Å². The van der Waals surface area contributed by atoms with E-state index in [4.69, 9.17) is 21.3 Å². The van der Waals surface area contributed by atoms with Crippen molar-refractivity contribution >= 4 is 35.3 Å². The van der Waals surface area contributed by atoms with E-state index in [0.29, 0.717) is 29.6 Å². The number of aromatic nitrogens is 1. The van der Waals surface area contributed by atoms with Gasteiger partial charge < -0.3 is 14.5 Å². The molecule has 0 aliphatic carbocycles. The minimum Gasteiger partial charge on any atom is -0.465 e. The number of carbonyl (C=O) groups excluding carboxylic acids is 2. The Hall–Kier alpha value is -3.13. The van der Waals surface area contributed by atoms with Crippen LogP contribution < -0.4 is 10.2 Å². The summed E-state index contributed by atoms with van der Waals surface area (Å²) in [6, 6.07) is 12.2. The Kier molecular flexibility index (Phi) is 6.36. The average molecular weight is 442 g/mol. The Morgan fingerprint density at radius 3 is 2.61 bits per heavy atom. The highest BCUT2D eigenvalue weighted by Crippen LogP contribution is 2.32. The minimum atomic E-state index is -1.06. The standard InChI is InChI=1S/C22H24ClN5O3/c1-2-31-21(30)18-19(15-6-5-7-16(23)14-15)25-22(26-20(18)29)28-12-10-27(11-13-28)17-8-3-4-9-24-17/h3-9,14,18-19H,2,10-13H2,1H3,(H,25,26,29)/t18-,19-/m0/s1. The van der Waals surface area contributed by atoms with Crippen molar-refractivity contribution in [3.8, 4) is 0 Å². The number of piperazine rings is 1. The van der Waals surface area contributed by atoms with Gasteiger partial charge in [0, 0.05) is 37.4 Å². The number of anilines is 1. The molecule has 2 aliphatic rings. The average Bonchev–Trinajstić information content (AvgIpc) is 2.79. The first kappa shape index (κ1) is 21.1. The molecule has 1 fully saturated rings. The van der Waals surface area contributed by atoms with Crippen molar-refractivity contribution in [2.45, 2.75) is 13.0 Å². The highest BCUT2D eigenvalue weighted by atomic mass is 35.5. The number of pyridine rings is 1. The van der Waals surface area contributed by atoms with E-state index in [2.05, 4.69) is 15.2 Å². The fourth-order valence-corrected chi connectivity index (χ4v) is 4.04. The lowest BCUT2D eigenvalue weighted by atomic mass is 9.91. The lowest BCUT2D eigenvalue weighted by Gasteiger charge is -2.39. The molecule has 0 bridgehead atoms. The third-order valence-corrected chi connectivity index (χ3v) is 5.61. The fraction of sp³-hybridized carbons (Fsp3) is 0.364. The predicted octanol–water partition coefficient (Wildman–Crippen LogP) is 2.26. The molecule has 2 aliphatic heterocycles. The highest BCUT2D eigenvalue weighted by Gasteiger charge is 2.42. The Morgan fingerprint density at radius 1 is 1.16 bits per heavy atom. The number of guanidine groups is 1. The number of nitrogens with zero attached hydrogens (tertiary/aromatic N) is 4. The smallest absolute Gasteiger partial charge is 0.321 e. The molecule has 162 valence electrons. The number of amides is 1. The first-order valence-electron chi connectivity index (χ1n) is 10.3. The zero-order valence-corrected chi connectivity index (χ0v) is 18.0. The number of aliphatic imine (C=N–C) groups is 1. The van der Waals surface area contributed by atoms with Crippen LogP contribution in [0, 0.1) is 5.92 Å². The Labute approximate surface area is 185 Å². The van der Waals surface area contributed by atoms with Crippen molar-refractivity contribution in [2.75, 3.05) is 37.7 Å². The van der Waals surface area contributed by atoms with Gasteiger partial charge in [-0.05, 0) is 36.8 Å². The van der Waals surface area contributed by atoms with E-state index >= 15 is 0 Å². The molecule has 3 heterocycles. The Bertz CT molecular complexity index is 976. The first-order chi connectivity index (χ1) is 15.1. The molecule has 1 amide bonds. The number of hydrogen-bond acceptors (Lipinski definition) is 7. The summed E-state index contributed by atoms with van der Waals surface area (Å²) in [6.07, 6.45) is 1.78. The van der Waals surface area contributed by atoms with E-state index in [0.717, 1.165) is 18.9 Å². The molecular weight excluding hydrogens is 418 g/mol. The van der Waals surface area contributed by atoms with Crippen LogP contribution in [-0.2, 0) is 14.3 Å². The Morgan fingerprint density at radius 2 is 1.94 bits per heavy atom. The van der Waals surface area contributed by atoms with Crippen molar-refractivity contribution in [1.82, 2.24) is 15.2 Å². The van der Waals surface area contributed by atoms with Gasteiger partial charge in [0.1, 0.15) is 11.9 Å². The minimum absolute atomic E-state index is 0.191. The van der Waals surface area contributed by atoms with Crippen molar-refractivity contribution in [3.05, 3.63) is 59.2 Å². The third-order valence-electron chi connectivity index (χ3n) is 5.38. The van der Waals surface area contributed by atoms with Gasteiger partial charge in [0.15, 0.2) is 5.92 Å². The van der Waals surface area contributed by atoms with E-state index in [-0.39, 0.29) is 6.61 Å². The monoisotopic (exact) mass is 441 g/mol. The number of benzene rings is 1. The lowest BCUT2D eigenvalue weighted by molar-refractivity contribution is -0.153. The van der Waals surface area contributed by atoms with Gasteiger partial charge in [0.05, 0.1) is 6.61 Å². The van der Waals surface area contributed by atoms with Crippen LogP contribution in [0.15, 0.2) is 53.7 Å². The number of carbonyl (C=O) groups is 2. The summed E-state index contributed by atoms with van der Waals surface area (Å²) in [6.45, 7) is 4.73. The molecule has 1 N–H and O–H groups in total. The van der Waals surface area contributed by atoms with Crippen molar-refractivity contribution < 1.29 is 14.3 Å². The van der Waals surface area contributed by atoms with Gasteiger partial charge in [-0.3, -0.25) is 14.9 Å². The van der Waals surface area contributed by atoms with Crippen LogP contribution in [0.4, 0.5) is 5.82 Å². The molecule has 1 aromatic carbocycles. The Balaban J connectivity index is 1.57. The SMILES string of the molecule is CCOC(=O)[C@@H]1C(=O)NC(N2CCN(c3ccccn3)CC2)=N[C@H]1c1cccc(Cl)c1. The van der Waals surface area contributed by atoms with E-state index in [9.17, 15) is 9.59 Å². The van der Waals surface area contributed by atoms with Crippen molar-refractivity contribution in [3.63, 3.8) is 0 Å². The zero-order chi connectivity index (χ0) is 21.8. The van der Waals surface area contributed by atoms with Gasteiger partial charge in [0.25, 0.3) is 0 Å². The highest BCUT2D eigenvalue weighted by molar-refractivity contribution is 6.30. The van der Waals surface area contributed by atoms with Crippen LogP contribution in [-0.4, -0.2) is 60.5 Å². The van der Waals surface area contributed by atoms with Crippen LogP contribution in [0.3, 0.4) is 0 Å². The summed E-state index contributed by atoms with van der Waals surface area (Å²) in [5.74, 6) is -0.669. The molecule has 0 spiro atoms. The number of hydrogen-bond donors (Lipinski definition) is 1. The van der Waals surface area contributed by atoms with Crippen LogP contribution >= 0.6 is 11.6 Å². The molecule has 8 nitrogen and oxygen atoms in total. The zero-order valence-electron chi connectivity index (χ0n) is 17.2. The van der Waals surface area contributed by atoms with Crippen molar-refractivity contribution in [2.24, 2.45) is 10.9 Å². The summed E-state index contributed by atoms with van der Waals surface area (Å²) < 4.78 is 5.15. The van der Waals surface area contributed by atoms with E-state index in [1.165, 1.54) is 0 Å². The normalized spacial score (nSPS) is 21.4. The van der Waals surface area contributed by atoms with Crippen LogP contribution in [0.25, 0.3) is 0 Å². The molecule has 1 aromatic heterocycles. The van der Waals surface area contributed by atoms with Crippen LogP contribution in [0.1, 0.15) is 18.5 Å². The summed E-state index contributed by atoms with van der Waals surface area (Å²) in [5, 5.41) is 3.33. The van der Waals surface area contributed by atoms with Crippen LogP contribution in [0.5, 0.6) is 0 Å². The maximum absolute atomic E-state index is 12.9. The number of nitrogens with one attached hydrogen (secondary N) is 1. The summed E-state index contributed by atoms with van der Waals surface area (Å²) in [5.41, 5.74) is 0.699. The molecule has 1 saturated heterocycles. The molecule has 0 unspecified atom stereocenters. The third kappa shape index (κ3) is 4.64. The largest absolute Gasteiger partial charge is 0.465 e. The second-order valence-electron chi connectivity index (χ2n) is 7.33. The number of esters is 1. The second-order valence-corrected chi connectivity index (χ2v) is 7.77. The topological polar surface area (TPSA) is 87.1 Å². The van der Waals surface area contributed by atoms with Crippen LogP contribution in [0.2, 0.25) is 5.02 Å². The summed E-state index contributed by atoms with van der Waals surface area (Å²) in [7, 11) is 0. The molecule has 0 radical (unpaired) electrons.